The van der Waals surface area contributed by atoms with E-state index in [2.05, 4.69) is 19.8 Å². The van der Waals surface area contributed by atoms with E-state index in [1.54, 1.807) is 4.68 Å². The van der Waals surface area contributed by atoms with E-state index in [0.717, 1.165) is 13.0 Å². The fourth-order valence-corrected chi connectivity index (χ4v) is 3.43. The number of aromatic nitrogens is 4. The smallest absolute Gasteiger partial charge is 0.242 e. The number of pyridine rings is 1. The Bertz CT molecular complexity index is 790. The number of sulfonamides is 1. The topological polar surface area (TPSA) is 114 Å². The first kappa shape index (κ1) is 13.7. The highest BCUT2D eigenvalue weighted by Crippen LogP contribution is 2.24. The molecule has 2 aromatic rings. The lowest BCUT2D eigenvalue weighted by molar-refractivity contribution is 0.400. The van der Waals surface area contributed by atoms with Crippen LogP contribution in [-0.2, 0) is 16.6 Å². The molecule has 0 saturated heterocycles. The Hall–Kier alpha value is -2.31. The van der Waals surface area contributed by atoms with Gasteiger partial charge < -0.3 is 0 Å². The minimum atomic E-state index is -3.71. The van der Waals surface area contributed by atoms with Crippen LogP contribution in [0.2, 0.25) is 0 Å². The van der Waals surface area contributed by atoms with Gasteiger partial charge >= 0.3 is 0 Å². The minimum absolute atomic E-state index is 0.0261. The molecule has 108 valence electrons. The molecule has 0 aromatic carbocycles. The zero-order chi connectivity index (χ0) is 14.9. The number of nitrogens with zero attached hydrogens (tertiary/aromatic N) is 5. The van der Waals surface area contributed by atoms with Gasteiger partial charge in [-0.15, -0.1) is 0 Å². The predicted octanol–water partition coefficient (Wildman–Crippen LogP) is 0.358. The molecule has 2 aromatic heterocycles. The second kappa shape index (κ2) is 5.23. The molecule has 0 radical (unpaired) electrons. The number of aryl methyl sites for hydroxylation is 1. The van der Waals surface area contributed by atoms with E-state index in [4.69, 9.17) is 5.26 Å². The molecule has 0 amide bonds. The van der Waals surface area contributed by atoms with Crippen LogP contribution in [0.25, 0.3) is 0 Å². The summed E-state index contributed by atoms with van der Waals surface area (Å²) in [6.45, 7) is 0.742. The molecular weight excluding hydrogens is 292 g/mol. The van der Waals surface area contributed by atoms with Gasteiger partial charge in [-0.25, -0.2) is 27.8 Å². The van der Waals surface area contributed by atoms with Crippen molar-refractivity contribution in [1.29, 1.82) is 5.26 Å². The number of hydrogen-bond donors (Lipinski definition) is 1. The molecule has 0 unspecified atom stereocenters. The highest BCUT2D eigenvalue weighted by atomic mass is 32.2. The van der Waals surface area contributed by atoms with Crippen LogP contribution in [0.1, 0.15) is 30.4 Å². The van der Waals surface area contributed by atoms with Crippen LogP contribution in [0.5, 0.6) is 0 Å². The van der Waals surface area contributed by atoms with Crippen molar-refractivity contribution in [2.45, 2.75) is 30.3 Å². The van der Waals surface area contributed by atoms with Gasteiger partial charge in [-0.3, -0.25) is 0 Å². The Morgan fingerprint density at radius 3 is 2.95 bits per heavy atom. The van der Waals surface area contributed by atoms with Gasteiger partial charge in [0.25, 0.3) is 0 Å². The summed E-state index contributed by atoms with van der Waals surface area (Å²) in [6, 6.07) is 4.18. The summed E-state index contributed by atoms with van der Waals surface area (Å²) in [6.07, 6.45) is 4.09. The van der Waals surface area contributed by atoms with Crippen molar-refractivity contribution in [3.05, 3.63) is 36.2 Å². The van der Waals surface area contributed by atoms with E-state index in [1.807, 2.05) is 6.07 Å². The maximum atomic E-state index is 12.3. The van der Waals surface area contributed by atoms with E-state index in [0.29, 0.717) is 12.2 Å². The summed E-state index contributed by atoms with van der Waals surface area (Å²) >= 11 is 0. The van der Waals surface area contributed by atoms with Gasteiger partial charge in [0.1, 0.15) is 28.8 Å². The first-order valence-corrected chi connectivity index (χ1v) is 7.84. The molecule has 3 heterocycles. The van der Waals surface area contributed by atoms with Gasteiger partial charge in [-0.05, 0) is 25.0 Å². The quantitative estimate of drug-likeness (QED) is 0.875. The van der Waals surface area contributed by atoms with Gasteiger partial charge in [0.15, 0.2) is 0 Å². The molecule has 0 saturated carbocycles. The third-order valence-corrected chi connectivity index (χ3v) is 4.74. The van der Waals surface area contributed by atoms with Gasteiger partial charge in [0.05, 0.1) is 6.04 Å². The summed E-state index contributed by atoms with van der Waals surface area (Å²) in [5, 5.41) is 12.7. The van der Waals surface area contributed by atoms with E-state index in [-0.39, 0.29) is 10.6 Å². The Morgan fingerprint density at radius 1 is 1.38 bits per heavy atom. The normalized spacial score (nSPS) is 18.0. The fourth-order valence-electron chi connectivity index (χ4n) is 2.26. The zero-order valence-corrected chi connectivity index (χ0v) is 11.8. The minimum Gasteiger partial charge on any atom is -0.248 e. The molecule has 3 rings (SSSR count). The predicted molar refractivity (Wildman–Crippen MR) is 71.3 cm³/mol. The number of rotatable bonds is 3. The van der Waals surface area contributed by atoms with E-state index in [1.165, 1.54) is 24.7 Å². The Balaban J connectivity index is 1.86. The van der Waals surface area contributed by atoms with Crippen LogP contribution >= 0.6 is 0 Å². The van der Waals surface area contributed by atoms with E-state index >= 15 is 0 Å². The lowest BCUT2D eigenvalue weighted by Gasteiger charge is -2.22. The van der Waals surface area contributed by atoms with E-state index in [9.17, 15) is 8.42 Å². The average molecular weight is 304 g/mol. The van der Waals surface area contributed by atoms with Crippen molar-refractivity contribution in [3.63, 3.8) is 0 Å². The van der Waals surface area contributed by atoms with Crippen LogP contribution in [0.4, 0.5) is 0 Å². The lowest BCUT2D eigenvalue weighted by Crippen LogP contribution is -2.33. The summed E-state index contributed by atoms with van der Waals surface area (Å²) in [5.41, 5.74) is 0.173. The van der Waals surface area contributed by atoms with Crippen LogP contribution < -0.4 is 4.72 Å². The lowest BCUT2D eigenvalue weighted by atomic mass is 10.1. The van der Waals surface area contributed by atoms with Crippen molar-refractivity contribution < 1.29 is 8.42 Å². The first-order valence-electron chi connectivity index (χ1n) is 6.36. The largest absolute Gasteiger partial charge is 0.248 e. The molecule has 1 atom stereocenters. The molecule has 0 bridgehead atoms. The molecule has 9 heteroatoms. The number of nitrogens with one attached hydrogen (secondary N) is 1. The Kier molecular flexibility index (Phi) is 3.40. The first-order chi connectivity index (χ1) is 10.1. The number of fused-ring (bicyclic) bond motifs is 1. The van der Waals surface area contributed by atoms with Crippen LogP contribution in [-0.4, -0.2) is 28.2 Å². The van der Waals surface area contributed by atoms with Crippen molar-refractivity contribution in [2.75, 3.05) is 0 Å². The monoisotopic (exact) mass is 304 g/mol. The maximum absolute atomic E-state index is 12.3. The number of nitriles is 1. The maximum Gasteiger partial charge on any atom is 0.242 e. The molecule has 8 nitrogen and oxygen atoms in total. The standard InChI is InChI=1S/C12H12N6O2S/c13-6-9-3-4-10(7-14-9)21(19,20)17-11-2-1-5-18-12(11)15-8-16-18/h3-4,7-8,11,17H,1-2,5H2/t11-/m0/s1. The molecule has 0 aliphatic carbocycles. The highest BCUT2D eigenvalue weighted by molar-refractivity contribution is 7.89. The fraction of sp³-hybridized carbons (Fsp3) is 0.333. The van der Waals surface area contributed by atoms with Gasteiger partial charge in [-0.2, -0.15) is 10.4 Å². The number of hydrogen-bond acceptors (Lipinski definition) is 6. The molecule has 0 spiro atoms. The Morgan fingerprint density at radius 2 is 2.24 bits per heavy atom. The summed E-state index contributed by atoms with van der Waals surface area (Å²) in [4.78, 5) is 7.91. The second-order valence-electron chi connectivity index (χ2n) is 4.65. The molecule has 1 aliphatic rings. The molecule has 1 aliphatic heterocycles. The van der Waals surface area contributed by atoms with Crippen LogP contribution in [0.15, 0.2) is 29.6 Å². The summed E-state index contributed by atoms with van der Waals surface area (Å²) in [5.74, 6) is 0.617. The summed E-state index contributed by atoms with van der Waals surface area (Å²) < 4.78 is 29.0. The second-order valence-corrected chi connectivity index (χ2v) is 6.36. The van der Waals surface area contributed by atoms with Gasteiger partial charge in [0, 0.05) is 12.7 Å². The molecule has 0 fully saturated rings. The van der Waals surface area contributed by atoms with E-state index < -0.39 is 16.1 Å². The SMILES string of the molecule is N#Cc1ccc(S(=O)(=O)N[C@H]2CCCn3ncnc32)cn1. The van der Waals surface area contributed by atoms with Crippen LogP contribution in [0.3, 0.4) is 0 Å². The summed E-state index contributed by atoms with van der Waals surface area (Å²) in [7, 11) is -3.71. The van der Waals surface area contributed by atoms with Gasteiger partial charge in [0.2, 0.25) is 10.0 Å². The molecule has 21 heavy (non-hydrogen) atoms. The average Bonchev–Trinajstić information content (AvgIpc) is 2.97. The van der Waals surface area contributed by atoms with Crippen molar-refractivity contribution in [1.82, 2.24) is 24.5 Å². The molecule has 1 N–H and O–H groups in total. The van der Waals surface area contributed by atoms with Crippen molar-refractivity contribution in [3.8, 4) is 6.07 Å². The highest BCUT2D eigenvalue weighted by Gasteiger charge is 2.27. The van der Waals surface area contributed by atoms with Crippen LogP contribution in [0, 0.1) is 11.3 Å². The van der Waals surface area contributed by atoms with Crippen molar-refractivity contribution in [2.24, 2.45) is 0 Å². The molecular formula is C12H12N6O2S. The van der Waals surface area contributed by atoms with Crippen molar-refractivity contribution >= 4 is 10.0 Å². The Labute approximate surface area is 121 Å². The third-order valence-electron chi connectivity index (χ3n) is 3.28. The van der Waals surface area contributed by atoms with Gasteiger partial charge in [-0.1, -0.05) is 0 Å². The third kappa shape index (κ3) is 2.63. The zero-order valence-electron chi connectivity index (χ0n) is 11.0.